The van der Waals surface area contributed by atoms with Gasteiger partial charge in [0, 0.05) is 25.7 Å². The van der Waals surface area contributed by atoms with E-state index >= 15 is 0 Å². The number of hydrogen-bond donors (Lipinski definition) is 3. The Labute approximate surface area is 626 Å². The topological polar surface area (TPSA) is 237 Å². The van der Waals surface area contributed by atoms with E-state index in [1.807, 2.05) is 0 Å². The number of phosphoric ester groups is 2. The quantitative estimate of drug-likeness (QED) is 0.0222. The molecular formula is C83H162O17P2. The highest BCUT2D eigenvalue weighted by atomic mass is 31.2. The minimum absolute atomic E-state index is 0.108. The standard InChI is InChI=1S/C83H162O17P2/c1-7-9-11-13-15-16-17-18-19-20-21-22-27-33-38-43-49-55-61-68-83(88)100-79(72-94-81(86)66-60-54-48-42-37-32-28-23-25-30-35-40-46-51-57-63-75(3)4)74-98-102(91,92)96-70-77(84)69-95-101(89,90)97-73-78(71-93-80(85)65-59-53-45-14-12-10-8-2)99-82(87)67-62-56-50-44-39-34-29-24-26-31-36-41-47-52-58-64-76(5)6/h75-79,84H,7-74H2,1-6H3,(H,89,90)(H,91,92)/t77-,78+,79+/m0/s1. The van der Waals surface area contributed by atoms with Crippen LogP contribution in [0.2, 0.25) is 0 Å². The van der Waals surface area contributed by atoms with Crippen molar-refractivity contribution < 1.29 is 80.2 Å². The van der Waals surface area contributed by atoms with Crippen molar-refractivity contribution >= 4 is 39.5 Å². The van der Waals surface area contributed by atoms with E-state index in [2.05, 4.69) is 41.5 Å². The molecule has 0 saturated carbocycles. The number of rotatable bonds is 82. The van der Waals surface area contributed by atoms with E-state index in [4.69, 9.17) is 37.0 Å². The second-order valence-corrected chi connectivity index (χ2v) is 33.7. The van der Waals surface area contributed by atoms with Crippen molar-refractivity contribution in [2.24, 2.45) is 11.8 Å². The minimum Gasteiger partial charge on any atom is -0.462 e. The van der Waals surface area contributed by atoms with Crippen LogP contribution in [0.3, 0.4) is 0 Å². The summed E-state index contributed by atoms with van der Waals surface area (Å²) < 4.78 is 68.7. The third-order valence-corrected chi connectivity index (χ3v) is 21.4. The summed E-state index contributed by atoms with van der Waals surface area (Å²) in [6, 6.07) is 0. The molecule has 0 aliphatic heterocycles. The van der Waals surface area contributed by atoms with Crippen LogP contribution in [-0.4, -0.2) is 96.7 Å². The SMILES string of the molecule is CCCCCCCCCCCCCCCCCCCCCC(=O)O[C@H](COC(=O)CCCCCCCCCCCCCCCCCC(C)C)COP(=O)(O)OC[C@@H](O)COP(=O)(O)OC[C@@H](COC(=O)CCCCCCCCC)OC(=O)CCCCCCCCCCCCCCCCCC(C)C. The highest BCUT2D eigenvalue weighted by Crippen LogP contribution is 2.45. The number of esters is 4. The summed E-state index contributed by atoms with van der Waals surface area (Å²) in [6.07, 6.45) is 65.4. The van der Waals surface area contributed by atoms with Gasteiger partial charge in [-0.25, -0.2) is 9.13 Å². The summed E-state index contributed by atoms with van der Waals surface area (Å²) >= 11 is 0. The lowest BCUT2D eigenvalue weighted by atomic mass is 10.0. The molecule has 606 valence electrons. The van der Waals surface area contributed by atoms with Crippen molar-refractivity contribution in [3.05, 3.63) is 0 Å². The third kappa shape index (κ3) is 76.3. The lowest BCUT2D eigenvalue weighted by Gasteiger charge is -2.21. The Bertz CT molecular complexity index is 1960. The van der Waals surface area contributed by atoms with Crippen LogP contribution in [0.5, 0.6) is 0 Å². The fourth-order valence-electron chi connectivity index (χ4n) is 12.9. The molecular weight excluding hydrogens is 1330 g/mol. The molecule has 0 aromatic carbocycles. The molecule has 0 aromatic heterocycles. The molecule has 5 atom stereocenters. The van der Waals surface area contributed by atoms with Gasteiger partial charge in [0.1, 0.15) is 19.3 Å². The van der Waals surface area contributed by atoms with Gasteiger partial charge in [-0.2, -0.15) is 0 Å². The van der Waals surface area contributed by atoms with Gasteiger partial charge < -0.3 is 33.8 Å². The molecule has 0 heterocycles. The fourth-order valence-corrected chi connectivity index (χ4v) is 14.5. The largest absolute Gasteiger partial charge is 0.472 e. The van der Waals surface area contributed by atoms with Crippen molar-refractivity contribution in [2.75, 3.05) is 39.6 Å². The van der Waals surface area contributed by atoms with Crippen LogP contribution in [0.15, 0.2) is 0 Å². The highest BCUT2D eigenvalue weighted by Gasteiger charge is 2.30. The molecule has 0 aliphatic rings. The second kappa shape index (κ2) is 74.5. The van der Waals surface area contributed by atoms with Gasteiger partial charge >= 0.3 is 39.5 Å². The van der Waals surface area contributed by atoms with E-state index in [0.29, 0.717) is 25.7 Å². The van der Waals surface area contributed by atoms with Crippen LogP contribution in [0.4, 0.5) is 0 Å². The van der Waals surface area contributed by atoms with E-state index < -0.39 is 97.5 Å². The Balaban J connectivity index is 5.17. The van der Waals surface area contributed by atoms with E-state index in [0.717, 1.165) is 115 Å². The highest BCUT2D eigenvalue weighted by molar-refractivity contribution is 7.47. The van der Waals surface area contributed by atoms with Crippen molar-refractivity contribution in [3.8, 4) is 0 Å². The first-order chi connectivity index (χ1) is 49.4. The summed E-state index contributed by atoms with van der Waals surface area (Å²) in [4.78, 5) is 73.0. The third-order valence-electron chi connectivity index (χ3n) is 19.5. The lowest BCUT2D eigenvalue weighted by Crippen LogP contribution is -2.30. The second-order valence-electron chi connectivity index (χ2n) is 30.8. The van der Waals surface area contributed by atoms with Crippen LogP contribution < -0.4 is 0 Å². The summed E-state index contributed by atoms with van der Waals surface area (Å²) in [5.41, 5.74) is 0. The Morgan fingerprint density at radius 3 is 0.667 bits per heavy atom. The lowest BCUT2D eigenvalue weighted by molar-refractivity contribution is -0.161. The summed E-state index contributed by atoms with van der Waals surface area (Å²) in [6.45, 7) is 9.66. The van der Waals surface area contributed by atoms with Crippen molar-refractivity contribution in [1.82, 2.24) is 0 Å². The van der Waals surface area contributed by atoms with Gasteiger partial charge in [0.15, 0.2) is 12.2 Å². The van der Waals surface area contributed by atoms with E-state index in [-0.39, 0.29) is 25.7 Å². The molecule has 17 nitrogen and oxygen atoms in total. The van der Waals surface area contributed by atoms with Gasteiger partial charge in [-0.05, 0) is 37.5 Å². The Morgan fingerprint density at radius 2 is 0.451 bits per heavy atom. The van der Waals surface area contributed by atoms with Gasteiger partial charge in [-0.1, -0.05) is 388 Å². The minimum atomic E-state index is -4.96. The Morgan fingerprint density at radius 1 is 0.265 bits per heavy atom. The van der Waals surface area contributed by atoms with E-state index in [9.17, 15) is 43.2 Å². The van der Waals surface area contributed by atoms with Gasteiger partial charge in [-0.3, -0.25) is 37.3 Å². The maximum atomic E-state index is 13.1. The number of aliphatic hydroxyl groups excluding tert-OH is 1. The van der Waals surface area contributed by atoms with Gasteiger partial charge in [0.05, 0.1) is 26.4 Å². The predicted molar refractivity (Wildman–Crippen MR) is 418 cm³/mol. The summed E-state index contributed by atoms with van der Waals surface area (Å²) in [5, 5.41) is 10.6. The number of unbranched alkanes of at least 4 members (excludes halogenated alkanes) is 52. The fraction of sp³-hybridized carbons (Fsp3) is 0.952. The molecule has 0 amide bonds. The molecule has 0 fully saturated rings. The normalized spacial score (nSPS) is 13.9. The average molecular weight is 1490 g/mol. The van der Waals surface area contributed by atoms with Gasteiger partial charge in [-0.15, -0.1) is 0 Å². The summed E-state index contributed by atoms with van der Waals surface area (Å²) in [7, 11) is -9.92. The maximum absolute atomic E-state index is 13.1. The first-order valence-corrected chi connectivity index (χ1v) is 46.0. The van der Waals surface area contributed by atoms with E-state index in [1.165, 1.54) is 244 Å². The monoisotopic (exact) mass is 1490 g/mol. The number of carbonyl (C=O) groups is 4. The van der Waals surface area contributed by atoms with Crippen molar-refractivity contribution in [3.63, 3.8) is 0 Å². The zero-order chi connectivity index (χ0) is 74.9. The number of phosphoric acid groups is 2. The average Bonchev–Trinajstić information content (AvgIpc) is 0.921. The van der Waals surface area contributed by atoms with Gasteiger partial charge in [0.2, 0.25) is 0 Å². The molecule has 0 spiro atoms. The Kier molecular flexibility index (Phi) is 73.1. The number of ether oxygens (including phenoxy) is 4. The van der Waals surface area contributed by atoms with E-state index in [1.54, 1.807) is 0 Å². The molecule has 2 unspecified atom stereocenters. The van der Waals surface area contributed by atoms with Crippen LogP contribution >= 0.6 is 15.6 Å². The molecule has 19 heteroatoms. The smallest absolute Gasteiger partial charge is 0.462 e. The molecule has 0 saturated heterocycles. The molecule has 3 N–H and O–H groups in total. The number of carbonyl (C=O) groups excluding carboxylic acids is 4. The van der Waals surface area contributed by atoms with Crippen LogP contribution in [-0.2, 0) is 65.4 Å². The molecule has 0 radical (unpaired) electrons. The van der Waals surface area contributed by atoms with Crippen LogP contribution in [0.1, 0.15) is 440 Å². The van der Waals surface area contributed by atoms with Crippen LogP contribution in [0, 0.1) is 11.8 Å². The number of hydrogen-bond acceptors (Lipinski definition) is 15. The predicted octanol–water partition coefficient (Wildman–Crippen LogP) is 25.1. The molecule has 0 aliphatic carbocycles. The van der Waals surface area contributed by atoms with Crippen molar-refractivity contribution in [2.45, 2.75) is 458 Å². The first-order valence-electron chi connectivity index (χ1n) is 43.0. The maximum Gasteiger partial charge on any atom is 0.472 e. The zero-order valence-corrected chi connectivity index (χ0v) is 68.7. The number of aliphatic hydroxyl groups is 1. The molecule has 102 heavy (non-hydrogen) atoms. The van der Waals surface area contributed by atoms with Crippen molar-refractivity contribution in [1.29, 1.82) is 0 Å². The summed E-state index contributed by atoms with van der Waals surface area (Å²) in [5.74, 6) is -0.501. The van der Waals surface area contributed by atoms with Crippen LogP contribution in [0.25, 0.3) is 0 Å². The first kappa shape index (κ1) is 100. The Hall–Kier alpha value is -1.94. The molecule has 0 bridgehead atoms. The zero-order valence-electron chi connectivity index (χ0n) is 66.9. The molecule has 0 rings (SSSR count). The molecule has 0 aromatic rings. The van der Waals surface area contributed by atoms with Gasteiger partial charge in [0.25, 0.3) is 0 Å².